The third-order valence-electron chi connectivity index (χ3n) is 1.58. The van der Waals surface area contributed by atoms with Crippen LogP contribution in [0.2, 0.25) is 0 Å². The van der Waals surface area contributed by atoms with Crippen LogP contribution in [0, 0.1) is 6.92 Å². The summed E-state index contributed by atoms with van der Waals surface area (Å²) in [6, 6.07) is 2.15. The Kier molecular flexibility index (Phi) is 1.10. The van der Waals surface area contributed by atoms with Crippen molar-refractivity contribution in [2.24, 2.45) is 0 Å². The van der Waals surface area contributed by atoms with Crippen molar-refractivity contribution >= 4 is 11.3 Å². The van der Waals surface area contributed by atoms with Gasteiger partial charge in [0.25, 0.3) is 0 Å². The van der Waals surface area contributed by atoms with Gasteiger partial charge in [-0.2, -0.15) is 0 Å². The summed E-state index contributed by atoms with van der Waals surface area (Å²) < 4.78 is 5.14. The Balaban J connectivity index is 2.35. The molecular formula is C7H8OS. The summed E-state index contributed by atoms with van der Waals surface area (Å²) in [6.45, 7) is 3.07. The molecular weight excluding hydrogens is 132 g/mol. The van der Waals surface area contributed by atoms with E-state index < -0.39 is 0 Å². The number of rotatable bonds is 1. The second-order valence-corrected chi connectivity index (χ2v) is 3.37. The van der Waals surface area contributed by atoms with Crippen molar-refractivity contribution < 1.29 is 4.74 Å². The fourth-order valence-corrected chi connectivity index (χ4v) is 1.71. The first-order valence-corrected chi connectivity index (χ1v) is 3.91. The van der Waals surface area contributed by atoms with Crippen LogP contribution in [-0.4, -0.2) is 6.61 Å². The first-order valence-electron chi connectivity index (χ1n) is 3.03. The molecule has 1 fully saturated rings. The molecule has 0 spiro atoms. The summed E-state index contributed by atoms with van der Waals surface area (Å²) in [5.41, 5.74) is 1.39. The Morgan fingerprint density at radius 2 is 2.56 bits per heavy atom. The van der Waals surface area contributed by atoms with Crippen molar-refractivity contribution in [3.05, 3.63) is 21.9 Å². The first-order chi connectivity index (χ1) is 4.38. The third kappa shape index (κ3) is 0.884. The van der Waals surface area contributed by atoms with Crippen LogP contribution >= 0.6 is 11.3 Å². The largest absolute Gasteiger partial charge is 0.368 e. The molecule has 1 aromatic rings. The highest BCUT2D eigenvalue weighted by atomic mass is 32.1. The van der Waals surface area contributed by atoms with Crippen molar-refractivity contribution in [2.45, 2.75) is 13.0 Å². The summed E-state index contributed by atoms with van der Waals surface area (Å²) in [4.78, 5) is 1.40. The molecule has 1 saturated heterocycles. The highest BCUT2D eigenvalue weighted by molar-refractivity contribution is 7.10. The minimum absolute atomic E-state index is 0.441. The van der Waals surface area contributed by atoms with Gasteiger partial charge in [0.15, 0.2) is 0 Å². The van der Waals surface area contributed by atoms with E-state index in [2.05, 4.69) is 18.4 Å². The molecule has 2 rings (SSSR count). The highest BCUT2D eigenvalue weighted by Gasteiger charge is 2.26. The predicted octanol–water partition coefficient (Wildman–Crippen LogP) is 2.13. The van der Waals surface area contributed by atoms with Crippen molar-refractivity contribution in [3.63, 3.8) is 0 Å². The standard InChI is InChI=1S/C7H8OS/c1-5-6(2-3-9-5)7-4-8-7/h2-3,7H,4H2,1H3. The van der Waals surface area contributed by atoms with Gasteiger partial charge < -0.3 is 4.74 Å². The van der Waals surface area contributed by atoms with E-state index in [-0.39, 0.29) is 0 Å². The van der Waals surface area contributed by atoms with Crippen LogP contribution in [0.3, 0.4) is 0 Å². The molecule has 1 unspecified atom stereocenters. The van der Waals surface area contributed by atoms with Crippen LogP contribution < -0.4 is 0 Å². The Morgan fingerprint density at radius 1 is 1.78 bits per heavy atom. The summed E-state index contributed by atoms with van der Waals surface area (Å²) >= 11 is 1.79. The third-order valence-corrected chi connectivity index (χ3v) is 2.44. The maximum Gasteiger partial charge on any atom is 0.107 e. The molecule has 0 bridgehead atoms. The molecule has 0 amide bonds. The molecule has 2 heterocycles. The van der Waals surface area contributed by atoms with Crippen molar-refractivity contribution in [1.29, 1.82) is 0 Å². The fourth-order valence-electron chi connectivity index (χ4n) is 0.956. The van der Waals surface area contributed by atoms with E-state index in [1.165, 1.54) is 10.4 Å². The van der Waals surface area contributed by atoms with E-state index >= 15 is 0 Å². The zero-order valence-corrected chi connectivity index (χ0v) is 6.07. The molecule has 1 atom stereocenters. The average Bonchev–Trinajstić information content (AvgIpc) is 2.58. The first kappa shape index (κ1) is 5.45. The van der Waals surface area contributed by atoms with Gasteiger partial charge in [0.1, 0.15) is 6.10 Å². The zero-order valence-electron chi connectivity index (χ0n) is 5.26. The molecule has 0 N–H and O–H groups in total. The molecule has 1 nitrogen and oxygen atoms in total. The Hall–Kier alpha value is -0.340. The van der Waals surface area contributed by atoms with Crippen molar-refractivity contribution in [1.82, 2.24) is 0 Å². The van der Waals surface area contributed by atoms with Crippen LogP contribution in [0.1, 0.15) is 16.5 Å². The average molecular weight is 140 g/mol. The monoisotopic (exact) mass is 140 g/mol. The number of hydrogen-bond acceptors (Lipinski definition) is 2. The van der Waals surface area contributed by atoms with Gasteiger partial charge >= 0.3 is 0 Å². The van der Waals surface area contributed by atoms with Gasteiger partial charge in [-0.25, -0.2) is 0 Å². The van der Waals surface area contributed by atoms with Crippen molar-refractivity contribution in [3.8, 4) is 0 Å². The Morgan fingerprint density at radius 3 is 3.00 bits per heavy atom. The molecule has 1 aliphatic heterocycles. The lowest BCUT2D eigenvalue weighted by Gasteiger charge is -1.88. The molecule has 0 saturated carbocycles. The Labute approximate surface area is 58.3 Å². The topological polar surface area (TPSA) is 12.5 Å². The summed E-state index contributed by atoms with van der Waals surface area (Å²) in [5.74, 6) is 0. The number of aryl methyl sites for hydroxylation is 1. The summed E-state index contributed by atoms with van der Waals surface area (Å²) in [5, 5.41) is 2.12. The van der Waals surface area contributed by atoms with E-state index in [1.807, 2.05) is 0 Å². The molecule has 0 aromatic carbocycles. The second-order valence-electron chi connectivity index (χ2n) is 2.25. The molecule has 1 aliphatic rings. The smallest absolute Gasteiger partial charge is 0.107 e. The van der Waals surface area contributed by atoms with Gasteiger partial charge in [-0.3, -0.25) is 0 Å². The quantitative estimate of drug-likeness (QED) is 0.544. The number of ether oxygens (including phenoxy) is 1. The van der Waals surface area contributed by atoms with Crippen LogP contribution in [0.4, 0.5) is 0 Å². The van der Waals surface area contributed by atoms with Crippen molar-refractivity contribution in [2.75, 3.05) is 6.61 Å². The van der Waals surface area contributed by atoms with Gasteiger partial charge in [-0.1, -0.05) is 0 Å². The lowest BCUT2D eigenvalue weighted by atomic mass is 10.2. The van der Waals surface area contributed by atoms with Gasteiger partial charge in [0.05, 0.1) is 6.61 Å². The minimum atomic E-state index is 0.441. The zero-order chi connectivity index (χ0) is 6.27. The molecule has 48 valence electrons. The van der Waals surface area contributed by atoms with Crippen LogP contribution in [-0.2, 0) is 4.74 Å². The lowest BCUT2D eigenvalue weighted by Crippen LogP contribution is -1.75. The molecule has 0 radical (unpaired) electrons. The van der Waals surface area contributed by atoms with E-state index in [1.54, 1.807) is 11.3 Å². The van der Waals surface area contributed by atoms with Crippen LogP contribution in [0.15, 0.2) is 11.4 Å². The van der Waals surface area contributed by atoms with E-state index in [4.69, 9.17) is 4.74 Å². The molecule has 1 aromatic heterocycles. The SMILES string of the molecule is Cc1sccc1C1CO1. The molecule has 0 aliphatic carbocycles. The number of thiophene rings is 1. The highest BCUT2D eigenvalue weighted by Crippen LogP contribution is 2.34. The minimum Gasteiger partial charge on any atom is -0.368 e. The van der Waals surface area contributed by atoms with E-state index in [0.29, 0.717) is 6.10 Å². The number of hydrogen-bond donors (Lipinski definition) is 0. The summed E-state index contributed by atoms with van der Waals surface area (Å²) in [6.07, 6.45) is 0.441. The van der Waals surface area contributed by atoms with Gasteiger partial charge in [0.2, 0.25) is 0 Å². The normalized spacial score (nSPS) is 24.3. The lowest BCUT2D eigenvalue weighted by molar-refractivity contribution is 0.415. The maximum absolute atomic E-state index is 5.14. The van der Waals surface area contributed by atoms with E-state index in [0.717, 1.165) is 6.61 Å². The number of epoxide rings is 1. The summed E-state index contributed by atoms with van der Waals surface area (Å²) in [7, 11) is 0. The fraction of sp³-hybridized carbons (Fsp3) is 0.429. The van der Waals surface area contributed by atoms with Gasteiger partial charge in [-0.15, -0.1) is 11.3 Å². The van der Waals surface area contributed by atoms with E-state index in [9.17, 15) is 0 Å². The van der Waals surface area contributed by atoms with Gasteiger partial charge in [-0.05, 0) is 23.9 Å². The van der Waals surface area contributed by atoms with Crippen LogP contribution in [0.25, 0.3) is 0 Å². The predicted molar refractivity (Wildman–Crippen MR) is 37.7 cm³/mol. The molecule has 9 heavy (non-hydrogen) atoms. The van der Waals surface area contributed by atoms with Crippen LogP contribution in [0.5, 0.6) is 0 Å². The van der Waals surface area contributed by atoms with Gasteiger partial charge in [0, 0.05) is 4.88 Å². The maximum atomic E-state index is 5.14. The second kappa shape index (κ2) is 1.82. The molecule has 2 heteroatoms. The Bertz CT molecular complexity index is 212.